The first-order valence-electron chi connectivity index (χ1n) is 4.55. The summed E-state index contributed by atoms with van der Waals surface area (Å²) in [6.07, 6.45) is -0.165. The minimum atomic E-state index is -0.602. The summed E-state index contributed by atoms with van der Waals surface area (Å²) in [5, 5.41) is 2.43. The molecule has 2 rings (SSSR count). The van der Waals surface area contributed by atoms with E-state index in [0.29, 0.717) is 6.42 Å². The van der Waals surface area contributed by atoms with Crippen molar-refractivity contribution in [3.8, 4) is 0 Å². The van der Waals surface area contributed by atoms with Crippen LogP contribution in [0.3, 0.4) is 0 Å². The number of ether oxygens (including phenoxy) is 1. The summed E-state index contributed by atoms with van der Waals surface area (Å²) in [4.78, 5) is 10.9. The highest BCUT2D eigenvalue weighted by atomic mass is 35.5. The second kappa shape index (κ2) is 5.12. The zero-order valence-corrected chi connectivity index (χ0v) is 9.02. The zero-order valence-electron chi connectivity index (χ0n) is 8.20. The normalized spacial score (nSPS) is 19.4. The Morgan fingerprint density at radius 2 is 2.12 bits per heavy atom. The van der Waals surface area contributed by atoms with Gasteiger partial charge in [-0.2, -0.15) is 0 Å². The lowest BCUT2D eigenvalue weighted by molar-refractivity contribution is 0.115. The van der Waals surface area contributed by atoms with Crippen molar-refractivity contribution < 1.29 is 18.3 Å². The van der Waals surface area contributed by atoms with Crippen molar-refractivity contribution in [3.05, 3.63) is 35.4 Å². The smallest absolute Gasteiger partial charge is 0.407 e. The van der Waals surface area contributed by atoms with E-state index in [1.165, 1.54) is 0 Å². The summed E-state index contributed by atoms with van der Waals surface area (Å²) in [7, 11) is 0. The Labute approximate surface area is 97.2 Å². The van der Waals surface area contributed by atoms with Gasteiger partial charge in [-0.3, -0.25) is 0 Å². The maximum Gasteiger partial charge on any atom is 0.407 e. The van der Waals surface area contributed by atoms with Gasteiger partial charge in [-0.05, 0) is 18.2 Å². The molecule has 1 aromatic rings. The first kappa shape index (κ1) is 12.7. The standard InChI is InChI=1S/C10H9F2NO2.ClH/c11-6-1-2-8(12)7(5-6)9-3-4-15-10(14)13-9;/h1-2,5,9H,3-4H2,(H,13,14);1H/t9-;/m1./s1. The molecule has 0 bridgehead atoms. The zero-order chi connectivity index (χ0) is 10.8. The fourth-order valence-corrected chi connectivity index (χ4v) is 1.54. The lowest BCUT2D eigenvalue weighted by Gasteiger charge is -2.23. The number of cyclic esters (lactones) is 1. The molecule has 1 aliphatic rings. The first-order chi connectivity index (χ1) is 7.16. The quantitative estimate of drug-likeness (QED) is 0.831. The van der Waals surface area contributed by atoms with E-state index < -0.39 is 23.8 Å². The van der Waals surface area contributed by atoms with Gasteiger partial charge < -0.3 is 10.1 Å². The first-order valence-corrected chi connectivity index (χ1v) is 4.55. The maximum atomic E-state index is 13.3. The number of hydrogen-bond acceptors (Lipinski definition) is 2. The third-order valence-electron chi connectivity index (χ3n) is 2.27. The molecule has 16 heavy (non-hydrogen) atoms. The number of nitrogens with one attached hydrogen (secondary N) is 1. The third kappa shape index (κ3) is 2.61. The molecule has 1 heterocycles. The molecular weight excluding hydrogens is 240 g/mol. The van der Waals surface area contributed by atoms with Crippen LogP contribution in [0.5, 0.6) is 0 Å². The summed E-state index contributed by atoms with van der Waals surface area (Å²) in [6, 6.07) is 2.67. The molecule has 0 unspecified atom stereocenters. The van der Waals surface area contributed by atoms with Crippen LogP contribution >= 0.6 is 12.4 Å². The topological polar surface area (TPSA) is 38.3 Å². The number of carbonyl (C=O) groups is 1. The van der Waals surface area contributed by atoms with Crippen LogP contribution in [-0.2, 0) is 4.74 Å². The molecule has 1 atom stereocenters. The number of carbonyl (C=O) groups excluding carboxylic acids is 1. The fraction of sp³-hybridized carbons (Fsp3) is 0.300. The molecule has 88 valence electrons. The summed E-state index contributed by atoms with van der Waals surface area (Å²) in [6.45, 7) is 0.215. The average molecular weight is 250 g/mol. The molecule has 1 amide bonds. The number of halogens is 3. The molecule has 0 aliphatic carbocycles. The van der Waals surface area contributed by atoms with Crippen LogP contribution in [-0.4, -0.2) is 12.7 Å². The van der Waals surface area contributed by atoms with E-state index >= 15 is 0 Å². The van der Waals surface area contributed by atoms with Gasteiger partial charge in [0.05, 0.1) is 12.6 Å². The molecular formula is C10H10ClF2NO2. The molecule has 0 radical (unpaired) electrons. The van der Waals surface area contributed by atoms with Crippen LogP contribution in [0, 0.1) is 11.6 Å². The Kier molecular flexibility index (Phi) is 4.06. The van der Waals surface area contributed by atoms with Crippen LogP contribution in [0.25, 0.3) is 0 Å². The third-order valence-corrected chi connectivity index (χ3v) is 2.27. The van der Waals surface area contributed by atoms with E-state index in [1.807, 2.05) is 0 Å². The van der Waals surface area contributed by atoms with Crippen LogP contribution < -0.4 is 5.32 Å². The molecule has 1 aromatic carbocycles. The molecule has 1 N–H and O–H groups in total. The highest BCUT2D eigenvalue weighted by molar-refractivity contribution is 5.85. The lowest BCUT2D eigenvalue weighted by Crippen LogP contribution is -2.35. The van der Waals surface area contributed by atoms with Gasteiger partial charge in [-0.1, -0.05) is 0 Å². The summed E-state index contributed by atoms with van der Waals surface area (Å²) in [5.41, 5.74) is 0.159. The van der Waals surface area contributed by atoms with Gasteiger partial charge in [-0.25, -0.2) is 13.6 Å². The van der Waals surface area contributed by atoms with Crippen molar-refractivity contribution in [1.29, 1.82) is 0 Å². The van der Waals surface area contributed by atoms with Gasteiger partial charge in [-0.15, -0.1) is 12.4 Å². The Balaban J connectivity index is 0.00000128. The van der Waals surface area contributed by atoms with Gasteiger partial charge in [0, 0.05) is 12.0 Å². The molecule has 1 aliphatic heterocycles. The van der Waals surface area contributed by atoms with Crippen molar-refractivity contribution in [2.75, 3.05) is 6.61 Å². The van der Waals surface area contributed by atoms with E-state index in [4.69, 9.17) is 0 Å². The average Bonchev–Trinajstić information content (AvgIpc) is 2.22. The maximum absolute atomic E-state index is 13.3. The summed E-state index contributed by atoms with van der Waals surface area (Å²) < 4.78 is 30.8. The van der Waals surface area contributed by atoms with Crippen molar-refractivity contribution in [1.82, 2.24) is 5.32 Å². The Bertz CT molecular complexity index is 400. The van der Waals surface area contributed by atoms with E-state index in [1.54, 1.807) is 0 Å². The van der Waals surface area contributed by atoms with Crippen molar-refractivity contribution in [2.45, 2.75) is 12.5 Å². The predicted molar refractivity (Wildman–Crippen MR) is 55.4 cm³/mol. The van der Waals surface area contributed by atoms with E-state index in [9.17, 15) is 13.6 Å². The molecule has 0 aromatic heterocycles. The van der Waals surface area contributed by atoms with Crippen molar-refractivity contribution >= 4 is 18.5 Å². The number of benzene rings is 1. The van der Waals surface area contributed by atoms with Crippen LogP contribution in [0.15, 0.2) is 18.2 Å². The number of alkyl carbamates (subject to hydrolysis) is 1. The molecule has 6 heteroatoms. The lowest BCUT2D eigenvalue weighted by atomic mass is 10.0. The van der Waals surface area contributed by atoms with Gasteiger partial charge in [0.15, 0.2) is 0 Å². The van der Waals surface area contributed by atoms with Gasteiger partial charge in [0.25, 0.3) is 0 Å². The second-order valence-electron chi connectivity index (χ2n) is 3.29. The minimum absolute atomic E-state index is 0. The monoisotopic (exact) mass is 249 g/mol. The van der Waals surface area contributed by atoms with E-state index in [2.05, 4.69) is 10.1 Å². The second-order valence-corrected chi connectivity index (χ2v) is 3.29. The Morgan fingerprint density at radius 3 is 2.81 bits per heavy atom. The van der Waals surface area contributed by atoms with Crippen LogP contribution in [0.2, 0.25) is 0 Å². The molecule has 1 fully saturated rings. The van der Waals surface area contributed by atoms with Gasteiger partial charge in [0.2, 0.25) is 0 Å². The Morgan fingerprint density at radius 1 is 1.38 bits per heavy atom. The predicted octanol–water partition coefficient (Wildman–Crippen LogP) is 2.56. The van der Waals surface area contributed by atoms with Crippen molar-refractivity contribution in [2.24, 2.45) is 0 Å². The highest BCUT2D eigenvalue weighted by Gasteiger charge is 2.23. The van der Waals surface area contributed by atoms with Crippen LogP contribution in [0.1, 0.15) is 18.0 Å². The SMILES string of the molecule is Cl.O=C1N[C@@H](c2cc(F)ccc2F)CCO1. The Hall–Kier alpha value is -1.36. The summed E-state index contributed by atoms with van der Waals surface area (Å²) in [5.74, 6) is -1.05. The van der Waals surface area contributed by atoms with E-state index in [-0.39, 0.29) is 24.6 Å². The minimum Gasteiger partial charge on any atom is -0.449 e. The number of amides is 1. The largest absolute Gasteiger partial charge is 0.449 e. The van der Waals surface area contributed by atoms with E-state index in [0.717, 1.165) is 18.2 Å². The van der Waals surface area contributed by atoms with Gasteiger partial charge in [0.1, 0.15) is 11.6 Å². The fourth-order valence-electron chi connectivity index (χ4n) is 1.54. The molecule has 0 saturated carbocycles. The molecule has 0 spiro atoms. The number of hydrogen-bond donors (Lipinski definition) is 1. The summed E-state index contributed by atoms with van der Waals surface area (Å²) >= 11 is 0. The van der Waals surface area contributed by atoms with Gasteiger partial charge >= 0.3 is 6.09 Å². The number of rotatable bonds is 1. The van der Waals surface area contributed by atoms with Crippen LogP contribution in [0.4, 0.5) is 13.6 Å². The van der Waals surface area contributed by atoms with Crippen molar-refractivity contribution in [3.63, 3.8) is 0 Å². The molecule has 1 saturated heterocycles. The highest BCUT2D eigenvalue weighted by Crippen LogP contribution is 2.23. The molecule has 3 nitrogen and oxygen atoms in total.